The Bertz CT molecular complexity index is 377. The molecule has 5 heteroatoms. The molecular weight excluding hydrogens is 208 g/mol. The highest BCUT2D eigenvalue weighted by Gasteiger charge is 2.09. The maximum Gasteiger partial charge on any atom is 0.337 e. The van der Waals surface area contributed by atoms with E-state index in [2.05, 4.69) is 4.98 Å². The molecule has 0 aliphatic rings. The van der Waals surface area contributed by atoms with E-state index in [1.807, 2.05) is 19.0 Å². The smallest absolute Gasteiger partial charge is 0.337 e. The topological polar surface area (TPSA) is 62.7 Å². The van der Waals surface area contributed by atoms with Crippen molar-refractivity contribution in [2.45, 2.75) is 6.92 Å². The molecule has 0 amide bonds. The Hall–Kier alpha value is -1.62. The number of rotatable bonds is 5. The summed E-state index contributed by atoms with van der Waals surface area (Å²) in [5.41, 5.74) is 0.676. The fourth-order valence-electron chi connectivity index (χ4n) is 1.16. The predicted molar refractivity (Wildman–Crippen MR) is 60.0 cm³/mol. The largest absolute Gasteiger partial charge is 0.491 e. The molecule has 0 saturated carbocycles. The quantitative estimate of drug-likeness (QED) is 0.809. The summed E-state index contributed by atoms with van der Waals surface area (Å²) in [5, 5.41) is 8.90. The molecule has 0 saturated heterocycles. The van der Waals surface area contributed by atoms with Crippen LogP contribution < -0.4 is 4.74 Å². The molecule has 0 atom stereocenters. The Morgan fingerprint density at radius 3 is 2.81 bits per heavy atom. The number of carboxylic acid groups (broad SMARTS) is 1. The van der Waals surface area contributed by atoms with Crippen LogP contribution in [-0.4, -0.2) is 48.2 Å². The van der Waals surface area contributed by atoms with Crippen molar-refractivity contribution in [2.75, 3.05) is 27.2 Å². The molecular formula is C11H16N2O3. The predicted octanol–water partition coefficient (Wildman–Crippen LogP) is 1.03. The van der Waals surface area contributed by atoms with Crippen LogP contribution in [0, 0.1) is 6.92 Å². The number of likely N-dealkylation sites (N-methyl/N-ethyl adjacent to an activating group) is 1. The number of aromatic nitrogens is 1. The molecule has 0 aromatic carbocycles. The maximum atomic E-state index is 10.9. The Morgan fingerprint density at radius 1 is 1.56 bits per heavy atom. The second-order valence-electron chi connectivity index (χ2n) is 3.76. The van der Waals surface area contributed by atoms with Crippen LogP contribution in [0.3, 0.4) is 0 Å². The number of ether oxygens (including phenoxy) is 1. The molecule has 16 heavy (non-hydrogen) atoms. The Labute approximate surface area is 94.7 Å². The van der Waals surface area contributed by atoms with Gasteiger partial charge in [-0.25, -0.2) is 4.79 Å². The number of hydrogen-bond donors (Lipinski definition) is 1. The number of aromatic carboxylic acids is 1. The number of carbonyl (C=O) groups is 1. The standard InChI is InChI=1S/C11H16N2O3/c1-8-10(11(14)15)6-9(7-12-8)16-5-4-13(2)3/h6-7H,4-5H2,1-3H3,(H,14,15). The Kier molecular flexibility index (Phi) is 4.25. The lowest BCUT2D eigenvalue weighted by atomic mass is 10.2. The normalized spacial score (nSPS) is 10.5. The molecule has 1 heterocycles. The zero-order valence-corrected chi connectivity index (χ0v) is 9.73. The molecule has 0 fully saturated rings. The van der Waals surface area contributed by atoms with Crippen LogP contribution in [0.15, 0.2) is 12.3 Å². The van der Waals surface area contributed by atoms with E-state index in [0.717, 1.165) is 6.54 Å². The third kappa shape index (κ3) is 3.51. The van der Waals surface area contributed by atoms with E-state index in [0.29, 0.717) is 18.1 Å². The van der Waals surface area contributed by atoms with Crippen molar-refractivity contribution in [3.8, 4) is 5.75 Å². The summed E-state index contributed by atoms with van der Waals surface area (Å²) in [4.78, 5) is 16.8. The second kappa shape index (κ2) is 5.46. The second-order valence-corrected chi connectivity index (χ2v) is 3.76. The van der Waals surface area contributed by atoms with Crippen LogP contribution in [0.25, 0.3) is 0 Å². The Balaban J connectivity index is 2.68. The van der Waals surface area contributed by atoms with Gasteiger partial charge in [0, 0.05) is 6.54 Å². The minimum atomic E-state index is -0.983. The molecule has 0 aliphatic heterocycles. The van der Waals surface area contributed by atoms with Crippen LogP contribution in [-0.2, 0) is 0 Å². The van der Waals surface area contributed by atoms with Crippen LogP contribution in [0.1, 0.15) is 16.1 Å². The molecule has 0 unspecified atom stereocenters. The summed E-state index contributed by atoms with van der Waals surface area (Å²) in [6.45, 7) is 2.94. The first-order chi connectivity index (χ1) is 7.50. The molecule has 0 spiro atoms. The molecule has 0 radical (unpaired) electrons. The van der Waals surface area contributed by atoms with Crippen LogP contribution in [0.2, 0.25) is 0 Å². The van der Waals surface area contributed by atoms with E-state index >= 15 is 0 Å². The maximum absolute atomic E-state index is 10.9. The zero-order chi connectivity index (χ0) is 12.1. The Morgan fingerprint density at radius 2 is 2.25 bits per heavy atom. The number of hydrogen-bond acceptors (Lipinski definition) is 4. The van der Waals surface area contributed by atoms with Crippen molar-refractivity contribution in [1.82, 2.24) is 9.88 Å². The fourth-order valence-corrected chi connectivity index (χ4v) is 1.16. The van der Waals surface area contributed by atoms with E-state index in [4.69, 9.17) is 9.84 Å². The monoisotopic (exact) mass is 224 g/mol. The van der Waals surface area contributed by atoms with E-state index in [1.54, 1.807) is 6.92 Å². The minimum absolute atomic E-state index is 0.183. The van der Waals surface area contributed by atoms with Gasteiger partial charge in [0.05, 0.1) is 17.5 Å². The summed E-state index contributed by atoms with van der Waals surface area (Å²) >= 11 is 0. The van der Waals surface area contributed by atoms with Gasteiger partial charge in [0.1, 0.15) is 12.4 Å². The highest BCUT2D eigenvalue weighted by molar-refractivity contribution is 5.89. The van der Waals surface area contributed by atoms with Gasteiger partial charge in [0.15, 0.2) is 0 Å². The van der Waals surface area contributed by atoms with Gasteiger partial charge in [-0.05, 0) is 27.1 Å². The molecule has 0 bridgehead atoms. The van der Waals surface area contributed by atoms with Gasteiger partial charge in [-0.2, -0.15) is 0 Å². The SMILES string of the molecule is Cc1ncc(OCCN(C)C)cc1C(=O)O. The zero-order valence-electron chi connectivity index (χ0n) is 9.73. The molecule has 1 rings (SSSR count). The summed E-state index contributed by atoms with van der Waals surface area (Å²) in [6, 6.07) is 1.50. The van der Waals surface area contributed by atoms with Crippen LogP contribution >= 0.6 is 0 Å². The van der Waals surface area contributed by atoms with Crippen molar-refractivity contribution >= 4 is 5.97 Å². The van der Waals surface area contributed by atoms with E-state index in [-0.39, 0.29) is 5.56 Å². The van der Waals surface area contributed by atoms with Gasteiger partial charge < -0.3 is 14.7 Å². The lowest BCUT2D eigenvalue weighted by molar-refractivity contribution is 0.0695. The molecule has 1 aromatic rings. The van der Waals surface area contributed by atoms with Gasteiger partial charge in [0.2, 0.25) is 0 Å². The average Bonchev–Trinajstić information content (AvgIpc) is 2.19. The summed E-state index contributed by atoms with van der Waals surface area (Å²) in [6.07, 6.45) is 1.54. The molecule has 1 N–H and O–H groups in total. The van der Waals surface area contributed by atoms with Crippen molar-refractivity contribution in [2.24, 2.45) is 0 Å². The lowest BCUT2D eigenvalue weighted by Gasteiger charge is -2.11. The van der Waals surface area contributed by atoms with Crippen LogP contribution in [0.4, 0.5) is 0 Å². The van der Waals surface area contributed by atoms with Crippen molar-refractivity contribution in [3.05, 3.63) is 23.5 Å². The van der Waals surface area contributed by atoms with Crippen molar-refractivity contribution in [1.29, 1.82) is 0 Å². The van der Waals surface area contributed by atoms with E-state index in [1.165, 1.54) is 12.3 Å². The molecule has 88 valence electrons. The van der Waals surface area contributed by atoms with Gasteiger partial charge >= 0.3 is 5.97 Å². The average molecular weight is 224 g/mol. The van der Waals surface area contributed by atoms with Crippen LogP contribution in [0.5, 0.6) is 5.75 Å². The fraction of sp³-hybridized carbons (Fsp3) is 0.455. The van der Waals surface area contributed by atoms with Crippen molar-refractivity contribution < 1.29 is 14.6 Å². The first kappa shape index (κ1) is 12.4. The molecule has 1 aromatic heterocycles. The highest BCUT2D eigenvalue weighted by atomic mass is 16.5. The highest BCUT2D eigenvalue weighted by Crippen LogP contribution is 2.14. The number of nitrogens with zero attached hydrogens (tertiary/aromatic N) is 2. The lowest BCUT2D eigenvalue weighted by Crippen LogP contribution is -2.19. The summed E-state index contributed by atoms with van der Waals surface area (Å²) in [5.74, 6) is -0.493. The number of aryl methyl sites for hydroxylation is 1. The van der Waals surface area contributed by atoms with Gasteiger partial charge in [-0.3, -0.25) is 4.98 Å². The third-order valence-corrected chi connectivity index (χ3v) is 2.10. The molecule has 0 aliphatic carbocycles. The third-order valence-electron chi connectivity index (χ3n) is 2.10. The van der Waals surface area contributed by atoms with Gasteiger partial charge in [-0.1, -0.05) is 0 Å². The number of carboxylic acids is 1. The minimum Gasteiger partial charge on any atom is -0.491 e. The van der Waals surface area contributed by atoms with Gasteiger partial charge in [-0.15, -0.1) is 0 Å². The summed E-state index contributed by atoms with van der Waals surface area (Å²) in [7, 11) is 3.89. The first-order valence-corrected chi connectivity index (χ1v) is 4.98. The summed E-state index contributed by atoms with van der Waals surface area (Å²) < 4.78 is 5.40. The van der Waals surface area contributed by atoms with E-state index in [9.17, 15) is 4.79 Å². The van der Waals surface area contributed by atoms with E-state index < -0.39 is 5.97 Å². The molecule has 5 nitrogen and oxygen atoms in total. The number of pyridine rings is 1. The van der Waals surface area contributed by atoms with Gasteiger partial charge in [0.25, 0.3) is 0 Å². The van der Waals surface area contributed by atoms with Crippen molar-refractivity contribution in [3.63, 3.8) is 0 Å². The first-order valence-electron chi connectivity index (χ1n) is 4.98.